The fourth-order valence-corrected chi connectivity index (χ4v) is 1.95. The summed E-state index contributed by atoms with van der Waals surface area (Å²) in [6, 6.07) is 7.90. The Morgan fingerprint density at radius 3 is 2.53 bits per heavy atom. The molecule has 1 N–H and O–H groups in total. The highest BCUT2D eigenvalue weighted by molar-refractivity contribution is 5.73. The van der Waals surface area contributed by atoms with Gasteiger partial charge in [0.15, 0.2) is 6.29 Å². The monoisotopic (exact) mass is 261 g/mol. The predicted octanol–water partition coefficient (Wildman–Crippen LogP) is 1.73. The minimum atomic E-state index is -0.270. The quantitative estimate of drug-likeness (QED) is 0.802. The van der Waals surface area contributed by atoms with Crippen LogP contribution in [0.3, 0.4) is 0 Å². The third kappa shape index (κ3) is 3.47. The summed E-state index contributed by atoms with van der Waals surface area (Å²) in [5, 5.41) is 3.31. The van der Waals surface area contributed by atoms with E-state index >= 15 is 0 Å². The average molecular weight is 261 g/mol. The number of hydrogen-bond donors (Lipinski definition) is 1. The third-order valence-corrected chi connectivity index (χ3v) is 2.98. The SMILES string of the molecule is COC(OC)C(C)NCc1cnc2ccccc2n1. The van der Waals surface area contributed by atoms with Crippen LogP contribution in [-0.4, -0.2) is 36.5 Å². The van der Waals surface area contributed by atoms with Gasteiger partial charge in [0.25, 0.3) is 0 Å². The highest BCUT2D eigenvalue weighted by atomic mass is 16.7. The van der Waals surface area contributed by atoms with E-state index in [0.29, 0.717) is 6.54 Å². The van der Waals surface area contributed by atoms with E-state index in [-0.39, 0.29) is 12.3 Å². The molecule has 0 amide bonds. The minimum Gasteiger partial charge on any atom is -0.354 e. The molecule has 0 aliphatic heterocycles. The largest absolute Gasteiger partial charge is 0.354 e. The number of hydrogen-bond acceptors (Lipinski definition) is 5. The molecule has 19 heavy (non-hydrogen) atoms. The molecule has 5 nitrogen and oxygen atoms in total. The van der Waals surface area contributed by atoms with Crippen molar-refractivity contribution >= 4 is 11.0 Å². The molecule has 0 spiro atoms. The Hall–Kier alpha value is -1.56. The van der Waals surface area contributed by atoms with Crippen LogP contribution in [0, 0.1) is 0 Å². The molecule has 2 aromatic rings. The van der Waals surface area contributed by atoms with Gasteiger partial charge in [0, 0.05) is 20.8 Å². The van der Waals surface area contributed by atoms with Gasteiger partial charge in [0.05, 0.1) is 29.0 Å². The average Bonchev–Trinajstić information content (AvgIpc) is 2.46. The van der Waals surface area contributed by atoms with E-state index in [4.69, 9.17) is 9.47 Å². The molecule has 5 heteroatoms. The molecule has 102 valence electrons. The molecular weight excluding hydrogens is 242 g/mol. The zero-order valence-electron chi connectivity index (χ0n) is 11.5. The summed E-state index contributed by atoms with van der Waals surface area (Å²) in [5.74, 6) is 0. The van der Waals surface area contributed by atoms with Gasteiger partial charge in [0.2, 0.25) is 0 Å². The van der Waals surface area contributed by atoms with Crippen molar-refractivity contribution in [1.29, 1.82) is 0 Å². The van der Waals surface area contributed by atoms with Gasteiger partial charge in [-0.15, -0.1) is 0 Å². The summed E-state index contributed by atoms with van der Waals surface area (Å²) in [5.41, 5.74) is 2.71. The van der Waals surface area contributed by atoms with Gasteiger partial charge in [-0.3, -0.25) is 4.98 Å². The summed E-state index contributed by atoms with van der Waals surface area (Å²) in [7, 11) is 3.25. The van der Waals surface area contributed by atoms with Crippen LogP contribution in [0.15, 0.2) is 30.5 Å². The Bertz CT molecular complexity index is 529. The Morgan fingerprint density at radius 2 is 1.84 bits per heavy atom. The summed E-state index contributed by atoms with van der Waals surface area (Å²) in [4.78, 5) is 8.93. The molecule has 0 aliphatic carbocycles. The number of fused-ring (bicyclic) bond motifs is 1. The van der Waals surface area contributed by atoms with Crippen LogP contribution in [0.4, 0.5) is 0 Å². The van der Waals surface area contributed by atoms with Crippen molar-refractivity contribution in [3.05, 3.63) is 36.2 Å². The van der Waals surface area contributed by atoms with E-state index in [1.165, 1.54) is 0 Å². The van der Waals surface area contributed by atoms with Crippen molar-refractivity contribution in [2.75, 3.05) is 14.2 Å². The molecule has 1 heterocycles. The van der Waals surface area contributed by atoms with Crippen molar-refractivity contribution in [3.63, 3.8) is 0 Å². The first-order valence-corrected chi connectivity index (χ1v) is 6.24. The number of rotatable bonds is 6. The van der Waals surface area contributed by atoms with Crippen molar-refractivity contribution in [3.8, 4) is 0 Å². The molecule has 1 aromatic heterocycles. The standard InChI is InChI=1S/C14H19N3O2/c1-10(14(18-2)19-3)15-8-11-9-16-12-6-4-5-7-13(12)17-11/h4-7,9-10,14-15H,8H2,1-3H3. The number of methoxy groups -OCH3 is 2. The second-order valence-corrected chi connectivity index (χ2v) is 4.36. The zero-order valence-corrected chi connectivity index (χ0v) is 11.5. The van der Waals surface area contributed by atoms with Crippen LogP contribution < -0.4 is 5.32 Å². The maximum Gasteiger partial charge on any atom is 0.171 e. The summed E-state index contributed by atoms with van der Waals surface area (Å²) < 4.78 is 10.4. The van der Waals surface area contributed by atoms with E-state index < -0.39 is 0 Å². The normalized spacial score (nSPS) is 13.1. The first-order chi connectivity index (χ1) is 9.24. The molecule has 1 aromatic carbocycles. The number of para-hydroxylation sites is 2. The number of nitrogens with one attached hydrogen (secondary N) is 1. The second kappa shape index (κ2) is 6.56. The van der Waals surface area contributed by atoms with Crippen molar-refractivity contribution < 1.29 is 9.47 Å². The molecule has 0 radical (unpaired) electrons. The van der Waals surface area contributed by atoms with Crippen molar-refractivity contribution in [2.45, 2.75) is 25.8 Å². The van der Waals surface area contributed by atoms with Gasteiger partial charge < -0.3 is 14.8 Å². The van der Waals surface area contributed by atoms with Gasteiger partial charge in [-0.2, -0.15) is 0 Å². The van der Waals surface area contributed by atoms with E-state index in [1.807, 2.05) is 31.2 Å². The smallest absolute Gasteiger partial charge is 0.171 e. The number of aromatic nitrogens is 2. The number of benzene rings is 1. The maximum absolute atomic E-state index is 5.20. The summed E-state index contributed by atoms with van der Waals surface area (Å²) in [6.45, 7) is 2.63. The Labute approximate surface area is 113 Å². The number of ether oxygens (including phenoxy) is 2. The molecule has 0 fully saturated rings. The molecule has 0 saturated heterocycles. The second-order valence-electron chi connectivity index (χ2n) is 4.36. The first-order valence-electron chi connectivity index (χ1n) is 6.24. The predicted molar refractivity (Wildman–Crippen MR) is 73.6 cm³/mol. The van der Waals surface area contributed by atoms with Crippen LogP contribution >= 0.6 is 0 Å². The van der Waals surface area contributed by atoms with Crippen molar-refractivity contribution in [1.82, 2.24) is 15.3 Å². The lowest BCUT2D eigenvalue weighted by Crippen LogP contribution is -2.39. The first kappa shape index (κ1) is 13.9. The lowest BCUT2D eigenvalue weighted by atomic mass is 10.3. The van der Waals surface area contributed by atoms with Gasteiger partial charge in [-0.1, -0.05) is 12.1 Å². The lowest BCUT2D eigenvalue weighted by molar-refractivity contribution is -0.119. The number of nitrogens with zero attached hydrogens (tertiary/aromatic N) is 2. The van der Waals surface area contributed by atoms with E-state index in [1.54, 1.807) is 20.4 Å². The molecule has 0 aliphatic rings. The van der Waals surface area contributed by atoms with E-state index in [9.17, 15) is 0 Å². The van der Waals surface area contributed by atoms with Crippen molar-refractivity contribution in [2.24, 2.45) is 0 Å². The molecule has 1 unspecified atom stereocenters. The van der Waals surface area contributed by atoms with Crippen LogP contribution in [0.2, 0.25) is 0 Å². The van der Waals surface area contributed by atoms with Gasteiger partial charge in [0.1, 0.15) is 0 Å². The molecule has 0 saturated carbocycles. The van der Waals surface area contributed by atoms with Crippen LogP contribution in [0.25, 0.3) is 11.0 Å². The highest BCUT2D eigenvalue weighted by Gasteiger charge is 2.15. The van der Waals surface area contributed by atoms with Crippen LogP contribution in [-0.2, 0) is 16.0 Å². The summed E-state index contributed by atoms with van der Waals surface area (Å²) in [6.07, 6.45) is 1.52. The fourth-order valence-electron chi connectivity index (χ4n) is 1.95. The summed E-state index contributed by atoms with van der Waals surface area (Å²) >= 11 is 0. The Balaban J connectivity index is 2.01. The minimum absolute atomic E-state index is 0.0725. The van der Waals surface area contributed by atoms with Gasteiger partial charge in [-0.05, 0) is 19.1 Å². The third-order valence-electron chi connectivity index (χ3n) is 2.98. The topological polar surface area (TPSA) is 56.3 Å². The zero-order chi connectivity index (χ0) is 13.7. The Kier molecular flexibility index (Phi) is 4.79. The van der Waals surface area contributed by atoms with Crippen LogP contribution in [0.1, 0.15) is 12.6 Å². The van der Waals surface area contributed by atoms with Gasteiger partial charge >= 0.3 is 0 Å². The Morgan fingerprint density at radius 1 is 1.16 bits per heavy atom. The fraction of sp³-hybridized carbons (Fsp3) is 0.429. The molecular formula is C14H19N3O2. The van der Waals surface area contributed by atoms with Crippen LogP contribution in [0.5, 0.6) is 0 Å². The highest BCUT2D eigenvalue weighted by Crippen LogP contribution is 2.08. The van der Waals surface area contributed by atoms with E-state index in [0.717, 1.165) is 16.7 Å². The van der Waals surface area contributed by atoms with Gasteiger partial charge in [-0.25, -0.2) is 4.98 Å². The molecule has 0 bridgehead atoms. The lowest BCUT2D eigenvalue weighted by Gasteiger charge is -2.21. The molecule has 2 rings (SSSR count). The maximum atomic E-state index is 5.20. The van der Waals surface area contributed by atoms with E-state index in [2.05, 4.69) is 15.3 Å². The molecule has 1 atom stereocenters.